The summed E-state index contributed by atoms with van der Waals surface area (Å²) in [6.45, 7) is 3.77. The summed E-state index contributed by atoms with van der Waals surface area (Å²) < 4.78 is 12.9. The van der Waals surface area contributed by atoms with Crippen LogP contribution in [0.4, 0.5) is 0 Å². The van der Waals surface area contributed by atoms with Gasteiger partial charge < -0.3 is 9.15 Å². The fraction of sp³-hybridized carbons (Fsp3) is 0.115. The molecule has 0 aliphatic rings. The number of rotatable bonds is 5. The number of fused-ring (bicyclic) bond motifs is 2. The topological polar surface area (TPSA) is 69.6 Å². The molecule has 5 rings (SSSR count). The van der Waals surface area contributed by atoms with E-state index < -0.39 is 0 Å². The molecule has 0 spiro atoms. The molecule has 0 aliphatic carbocycles. The van der Waals surface area contributed by atoms with Gasteiger partial charge in [0.25, 0.3) is 5.56 Å². The minimum absolute atomic E-state index is 0.0898. The second-order valence-electron chi connectivity index (χ2n) is 8.09. The van der Waals surface area contributed by atoms with Crippen molar-refractivity contribution < 1.29 is 9.15 Å². The molecule has 0 bridgehead atoms. The average molecular weight is 527 g/mol. The zero-order valence-electron chi connectivity index (χ0n) is 18.6. The third-order valence-corrected chi connectivity index (χ3v) is 5.95. The first-order valence-electron chi connectivity index (χ1n) is 10.7. The molecule has 176 valence electrons. The highest BCUT2D eigenvalue weighted by molar-refractivity contribution is 6.37. The molecule has 0 amide bonds. The van der Waals surface area contributed by atoms with Crippen molar-refractivity contribution in [2.45, 2.75) is 20.0 Å². The van der Waals surface area contributed by atoms with Crippen molar-refractivity contribution >= 4 is 62.9 Å². The Morgan fingerprint density at radius 2 is 1.77 bits per heavy atom. The van der Waals surface area contributed by atoms with Crippen LogP contribution in [-0.4, -0.2) is 22.0 Å². The van der Waals surface area contributed by atoms with Crippen LogP contribution in [0.3, 0.4) is 0 Å². The van der Waals surface area contributed by atoms with Crippen molar-refractivity contribution in [2.75, 3.05) is 0 Å². The minimum atomic E-state index is -0.350. The van der Waals surface area contributed by atoms with Crippen LogP contribution in [0.1, 0.15) is 19.4 Å². The van der Waals surface area contributed by atoms with Gasteiger partial charge in [0.05, 0.1) is 33.3 Å². The van der Waals surface area contributed by atoms with Crippen LogP contribution in [-0.2, 0) is 0 Å². The van der Waals surface area contributed by atoms with Crippen molar-refractivity contribution in [3.8, 4) is 17.3 Å². The van der Waals surface area contributed by atoms with E-state index in [4.69, 9.17) is 44.0 Å². The molecule has 0 saturated heterocycles. The quantitative estimate of drug-likeness (QED) is 0.223. The maximum absolute atomic E-state index is 13.4. The van der Waals surface area contributed by atoms with Gasteiger partial charge in [0.1, 0.15) is 5.58 Å². The Bertz CT molecular complexity index is 1650. The molecule has 0 unspecified atom stereocenters. The van der Waals surface area contributed by atoms with Crippen molar-refractivity contribution in [1.82, 2.24) is 9.66 Å². The Morgan fingerprint density at radius 3 is 2.51 bits per heavy atom. The normalized spacial score (nSPS) is 11.8. The highest BCUT2D eigenvalue weighted by Crippen LogP contribution is 2.35. The Kier molecular flexibility index (Phi) is 6.28. The Labute approximate surface area is 215 Å². The summed E-state index contributed by atoms with van der Waals surface area (Å²) in [5.74, 6) is 1.01. The summed E-state index contributed by atoms with van der Waals surface area (Å²) in [5, 5.41) is 6.89. The lowest BCUT2D eigenvalue weighted by Gasteiger charge is -2.13. The number of halogens is 3. The molecule has 0 atom stereocenters. The highest BCUT2D eigenvalue weighted by Gasteiger charge is 2.17. The number of nitrogens with zero attached hydrogens (tertiary/aromatic N) is 3. The fourth-order valence-corrected chi connectivity index (χ4v) is 4.42. The summed E-state index contributed by atoms with van der Waals surface area (Å²) in [6.07, 6.45) is 1.39. The van der Waals surface area contributed by atoms with Crippen LogP contribution in [0, 0.1) is 0 Å². The molecule has 0 aliphatic heterocycles. The number of para-hydroxylation sites is 1. The standard InChI is InChI=1S/C26H18Cl3N3O3/c1-14(2)34-24-19(28)9-15(10-20(24)29)13-30-32-25(31-21-6-4-3-5-18(21)26(32)33)23-12-16-11-17(27)7-8-22(16)35-23/h3-14H,1-2H3. The van der Waals surface area contributed by atoms with Gasteiger partial charge >= 0.3 is 0 Å². The van der Waals surface area contributed by atoms with E-state index in [1.165, 1.54) is 10.9 Å². The van der Waals surface area contributed by atoms with Crippen molar-refractivity contribution in [3.63, 3.8) is 0 Å². The van der Waals surface area contributed by atoms with Gasteiger partial charge in [0.2, 0.25) is 5.82 Å². The van der Waals surface area contributed by atoms with Crippen LogP contribution in [0.5, 0.6) is 5.75 Å². The first-order chi connectivity index (χ1) is 16.8. The minimum Gasteiger partial charge on any atom is -0.488 e. The van der Waals surface area contributed by atoms with Gasteiger partial charge in [-0.05, 0) is 67.9 Å². The van der Waals surface area contributed by atoms with Gasteiger partial charge in [-0.2, -0.15) is 9.78 Å². The number of furan rings is 1. The van der Waals surface area contributed by atoms with E-state index in [0.29, 0.717) is 48.6 Å². The van der Waals surface area contributed by atoms with E-state index in [1.54, 1.807) is 54.6 Å². The van der Waals surface area contributed by atoms with Crippen LogP contribution < -0.4 is 10.3 Å². The first-order valence-corrected chi connectivity index (χ1v) is 11.8. The number of aromatic nitrogens is 2. The summed E-state index contributed by atoms with van der Waals surface area (Å²) in [7, 11) is 0. The van der Waals surface area contributed by atoms with E-state index in [9.17, 15) is 4.79 Å². The van der Waals surface area contributed by atoms with Crippen molar-refractivity contribution in [2.24, 2.45) is 5.10 Å². The maximum Gasteiger partial charge on any atom is 0.282 e. The van der Waals surface area contributed by atoms with E-state index in [1.807, 2.05) is 19.9 Å². The maximum atomic E-state index is 13.4. The molecule has 9 heteroatoms. The lowest BCUT2D eigenvalue weighted by molar-refractivity contribution is 0.243. The predicted molar refractivity (Wildman–Crippen MR) is 141 cm³/mol. The molecule has 35 heavy (non-hydrogen) atoms. The first kappa shape index (κ1) is 23.4. The zero-order valence-corrected chi connectivity index (χ0v) is 20.9. The van der Waals surface area contributed by atoms with E-state index >= 15 is 0 Å². The summed E-state index contributed by atoms with van der Waals surface area (Å²) in [4.78, 5) is 18.1. The summed E-state index contributed by atoms with van der Waals surface area (Å²) >= 11 is 18.9. The van der Waals surface area contributed by atoms with Gasteiger partial charge in [-0.15, -0.1) is 0 Å². The van der Waals surface area contributed by atoms with Crippen LogP contribution >= 0.6 is 34.8 Å². The lowest BCUT2D eigenvalue weighted by atomic mass is 10.2. The SMILES string of the molecule is CC(C)Oc1c(Cl)cc(C=Nn2c(-c3cc4cc(Cl)ccc4o3)nc3ccccc3c2=O)cc1Cl. The second kappa shape index (κ2) is 9.38. The lowest BCUT2D eigenvalue weighted by Crippen LogP contribution is -2.20. The van der Waals surface area contributed by atoms with Crippen molar-refractivity contribution in [3.05, 3.63) is 91.6 Å². The van der Waals surface area contributed by atoms with Crippen molar-refractivity contribution in [1.29, 1.82) is 0 Å². The molecule has 5 aromatic rings. The molecule has 6 nitrogen and oxygen atoms in total. The number of hydrogen-bond acceptors (Lipinski definition) is 5. The fourth-order valence-electron chi connectivity index (χ4n) is 3.64. The largest absolute Gasteiger partial charge is 0.488 e. The Hall–Kier alpha value is -3.32. The third kappa shape index (κ3) is 4.65. The smallest absolute Gasteiger partial charge is 0.282 e. The number of benzene rings is 3. The molecule has 0 fully saturated rings. The number of hydrogen-bond donors (Lipinski definition) is 0. The van der Waals surface area contributed by atoms with Crippen LogP contribution in [0.2, 0.25) is 15.1 Å². The molecular weight excluding hydrogens is 509 g/mol. The predicted octanol–water partition coefficient (Wildman–Crippen LogP) is 7.44. The van der Waals surface area contributed by atoms with Gasteiger partial charge in [-0.3, -0.25) is 4.79 Å². The Morgan fingerprint density at radius 1 is 1.03 bits per heavy atom. The second-order valence-corrected chi connectivity index (χ2v) is 9.34. The van der Waals surface area contributed by atoms with E-state index in [-0.39, 0.29) is 17.5 Å². The molecule has 3 aromatic carbocycles. The van der Waals surface area contributed by atoms with Gasteiger partial charge in [0, 0.05) is 10.4 Å². The van der Waals surface area contributed by atoms with E-state index in [2.05, 4.69) is 10.1 Å². The van der Waals surface area contributed by atoms with Crippen LogP contribution in [0.15, 0.2) is 75.0 Å². The van der Waals surface area contributed by atoms with Gasteiger partial charge in [-0.25, -0.2) is 4.98 Å². The molecule has 2 aromatic heterocycles. The molecule has 0 radical (unpaired) electrons. The monoisotopic (exact) mass is 525 g/mol. The zero-order chi connectivity index (χ0) is 24.7. The third-order valence-electron chi connectivity index (χ3n) is 5.15. The van der Waals surface area contributed by atoms with Crippen LogP contribution in [0.25, 0.3) is 33.5 Å². The Balaban J connectivity index is 1.66. The van der Waals surface area contributed by atoms with E-state index in [0.717, 1.165) is 5.39 Å². The molecular formula is C26H18Cl3N3O3. The van der Waals surface area contributed by atoms with Gasteiger partial charge in [0.15, 0.2) is 11.5 Å². The molecule has 2 heterocycles. The summed E-state index contributed by atoms with van der Waals surface area (Å²) in [6, 6.07) is 17.4. The molecule has 0 N–H and O–H groups in total. The van der Waals surface area contributed by atoms with Gasteiger partial charge in [-0.1, -0.05) is 46.9 Å². The average Bonchev–Trinajstić information content (AvgIpc) is 3.23. The molecule has 0 saturated carbocycles. The summed E-state index contributed by atoms with van der Waals surface area (Å²) in [5.41, 5.74) is 1.37. The number of ether oxygens (including phenoxy) is 1. The highest BCUT2D eigenvalue weighted by atomic mass is 35.5.